The number of rotatable bonds is 5. The first kappa shape index (κ1) is 18.5. The van der Waals surface area contributed by atoms with Crippen LogP contribution in [0.1, 0.15) is 22.4 Å². The Morgan fingerprint density at radius 1 is 1.38 bits per heavy atom. The summed E-state index contributed by atoms with van der Waals surface area (Å²) in [6.45, 7) is 4.31. The van der Waals surface area contributed by atoms with Gasteiger partial charge in [-0.3, -0.25) is 4.79 Å². The summed E-state index contributed by atoms with van der Waals surface area (Å²) in [5.41, 5.74) is 3.34. The average Bonchev–Trinajstić information content (AvgIpc) is 2.54. The highest BCUT2D eigenvalue weighted by molar-refractivity contribution is 9.10. The third kappa shape index (κ3) is 4.59. The van der Waals surface area contributed by atoms with Gasteiger partial charge in [-0.1, -0.05) is 45.9 Å². The van der Waals surface area contributed by atoms with Crippen LogP contribution >= 0.6 is 27.7 Å². The fourth-order valence-electron chi connectivity index (χ4n) is 2.25. The van der Waals surface area contributed by atoms with Crippen LogP contribution in [0, 0.1) is 25.2 Å². The number of thioether (sulfide) groups is 1. The number of hydrogen-bond donors (Lipinski definition) is 0. The molecule has 0 aliphatic heterocycles. The molecule has 0 aliphatic carbocycles. The van der Waals surface area contributed by atoms with Crippen molar-refractivity contribution in [2.75, 3.05) is 12.8 Å². The quantitative estimate of drug-likeness (QED) is 0.705. The van der Waals surface area contributed by atoms with Crippen molar-refractivity contribution < 1.29 is 4.79 Å². The number of carbonyl (C=O) groups excluding carboxylic acids is 1. The summed E-state index contributed by atoms with van der Waals surface area (Å²) in [5, 5.41) is 9.91. The molecule has 24 heavy (non-hydrogen) atoms. The van der Waals surface area contributed by atoms with Crippen LogP contribution in [-0.2, 0) is 11.3 Å². The van der Waals surface area contributed by atoms with Crippen molar-refractivity contribution in [2.45, 2.75) is 25.4 Å². The molecule has 1 aromatic heterocycles. The lowest BCUT2D eigenvalue weighted by Crippen LogP contribution is -2.28. The highest BCUT2D eigenvalue weighted by atomic mass is 79.9. The zero-order valence-corrected chi connectivity index (χ0v) is 16.2. The van der Waals surface area contributed by atoms with Gasteiger partial charge in [0.1, 0.15) is 11.1 Å². The van der Waals surface area contributed by atoms with Crippen LogP contribution in [0.3, 0.4) is 0 Å². The number of halogens is 1. The van der Waals surface area contributed by atoms with Crippen molar-refractivity contribution >= 4 is 33.6 Å². The van der Waals surface area contributed by atoms with Crippen molar-refractivity contribution in [1.29, 1.82) is 5.26 Å². The minimum Gasteiger partial charge on any atom is -0.341 e. The molecule has 2 rings (SSSR count). The van der Waals surface area contributed by atoms with E-state index in [9.17, 15) is 10.1 Å². The maximum absolute atomic E-state index is 12.4. The fourth-order valence-corrected chi connectivity index (χ4v) is 3.70. The molecule has 124 valence electrons. The van der Waals surface area contributed by atoms with Crippen LogP contribution in [0.25, 0.3) is 0 Å². The Kier molecular flexibility index (Phi) is 6.41. The summed E-state index contributed by atoms with van der Waals surface area (Å²) in [6, 6.07) is 11.9. The monoisotopic (exact) mass is 403 g/mol. The predicted octanol–water partition coefficient (Wildman–Crippen LogP) is 4.08. The number of carbonyl (C=O) groups is 1. The standard InChI is InChI=1S/C18H18BrN3OS/c1-12-8-13(2)21-18(15(12)9-20)24-11-17(23)22(3)10-14-6-4-5-7-16(14)19/h4-8H,10-11H2,1-3H3. The van der Waals surface area contributed by atoms with E-state index in [0.29, 0.717) is 17.1 Å². The second-order valence-electron chi connectivity index (χ2n) is 5.50. The average molecular weight is 404 g/mol. The van der Waals surface area contributed by atoms with Gasteiger partial charge in [-0.05, 0) is 37.1 Å². The van der Waals surface area contributed by atoms with Gasteiger partial charge in [0.15, 0.2) is 0 Å². The van der Waals surface area contributed by atoms with Crippen molar-refractivity contribution in [3.8, 4) is 6.07 Å². The number of nitriles is 1. The highest BCUT2D eigenvalue weighted by Gasteiger charge is 2.15. The lowest BCUT2D eigenvalue weighted by atomic mass is 10.1. The summed E-state index contributed by atoms with van der Waals surface area (Å²) in [7, 11) is 1.78. The molecule has 4 nitrogen and oxygen atoms in total. The summed E-state index contributed by atoms with van der Waals surface area (Å²) in [5.74, 6) is 0.256. The van der Waals surface area contributed by atoms with Crippen molar-refractivity contribution in [2.24, 2.45) is 0 Å². The van der Waals surface area contributed by atoms with Crippen LogP contribution < -0.4 is 0 Å². The number of pyridine rings is 1. The van der Waals surface area contributed by atoms with E-state index in [1.807, 2.05) is 44.2 Å². The zero-order chi connectivity index (χ0) is 17.7. The molecule has 0 radical (unpaired) electrons. The summed E-state index contributed by atoms with van der Waals surface area (Å²) in [6.07, 6.45) is 0. The molecule has 0 saturated carbocycles. The van der Waals surface area contributed by atoms with Crippen LogP contribution in [0.5, 0.6) is 0 Å². The van der Waals surface area contributed by atoms with Crippen molar-refractivity contribution in [1.82, 2.24) is 9.88 Å². The molecular formula is C18H18BrN3OS. The van der Waals surface area contributed by atoms with Gasteiger partial charge in [0, 0.05) is 23.8 Å². The van der Waals surface area contributed by atoms with Crippen LogP contribution in [0.4, 0.5) is 0 Å². The Morgan fingerprint density at radius 3 is 2.75 bits per heavy atom. The number of amides is 1. The summed E-state index contributed by atoms with van der Waals surface area (Å²) >= 11 is 4.81. The van der Waals surface area contributed by atoms with E-state index in [-0.39, 0.29) is 11.7 Å². The van der Waals surface area contributed by atoms with Crippen LogP contribution in [-0.4, -0.2) is 28.6 Å². The molecule has 0 fully saturated rings. The van der Waals surface area contributed by atoms with E-state index < -0.39 is 0 Å². The molecule has 2 aromatic rings. The Labute approximate surface area is 155 Å². The number of aromatic nitrogens is 1. The molecule has 0 unspecified atom stereocenters. The molecular weight excluding hydrogens is 386 g/mol. The largest absolute Gasteiger partial charge is 0.341 e. The van der Waals surface area contributed by atoms with Gasteiger partial charge in [-0.25, -0.2) is 4.98 Å². The smallest absolute Gasteiger partial charge is 0.233 e. The number of benzene rings is 1. The highest BCUT2D eigenvalue weighted by Crippen LogP contribution is 2.24. The van der Waals surface area contributed by atoms with Gasteiger partial charge in [-0.15, -0.1) is 0 Å². The second kappa shape index (κ2) is 8.32. The Morgan fingerprint density at radius 2 is 2.08 bits per heavy atom. The number of hydrogen-bond acceptors (Lipinski definition) is 4. The predicted molar refractivity (Wildman–Crippen MR) is 99.8 cm³/mol. The second-order valence-corrected chi connectivity index (χ2v) is 7.32. The molecule has 0 N–H and O–H groups in total. The van der Waals surface area contributed by atoms with Gasteiger partial charge >= 0.3 is 0 Å². The van der Waals surface area contributed by atoms with Crippen LogP contribution in [0.15, 0.2) is 39.8 Å². The Bertz CT molecular complexity index is 801. The molecule has 0 saturated heterocycles. The molecule has 0 spiro atoms. The fraction of sp³-hybridized carbons (Fsp3) is 0.278. The van der Waals surface area contributed by atoms with Crippen molar-refractivity contribution in [3.63, 3.8) is 0 Å². The summed E-state index contributed by atoms with van der Waals surface area (Å²) < 4.78 is 0.986. The van der Waals surface area contributed by atoms with E-state index >= 15 is 0 Å². The van der Waals surface area contributed by atoms with E-state index in [0.717, 1.165) is 21.3 Å². The topological polar surface area (TPSA) is 57.0 Å². The lowest BCUT2D eigenvalue weighted by Gasteiger charge is -2.18. The van der Waals surface area contributed by atoms with Gasteiger partial charge in [0.05, 0.1) is 11.3 Å². The molecule has 1 heterocycles. The minimum atomic E-state index is 0.000557. The first-order valence-corrected chi connectivity index (χ1v) is 9.18. The van der Waals surface area contributed by atoms with E-state index in [1.54, 1.807) is 11.9 Å². The van der Waals surface area contributed by atoms with E-state index in [1.165, 1.54) is 11.8 Å². The summed E-state index contributed by atoms with van der Waals surface area (Å²) in [4.78, 5) is 18.5. The molecule has 0 aliphatic rings. The van der Waals surface area contributed by atoms with Gasteiger partial charge < -0.3 is 4.90 Å². The lowest BCUT2D eigenvalue weighted by molar-refractivity contribution is -0.127. The number of aryl methyl sites for hydroxylation is 2. The molecule has 1 aromatic carbocycles. The van der Waals surface area contributed by atoms with E-state index in [4.69, 9.17) is 0 Å². The van der Waals surface area contributed by atoms with E-state index in [2.05, 4.69) is 27.0 Å². The Balaban J connectivity index is 2.03. The first-order valence-electron chi connectivity index (χ1n) is 7.41. The normalized spacial score (nSPS) is 10.3. The molecule has 1 amide bonds. The maximum atomic E-state index is 12.4. The third-order valence-electron chi connectivity index (χ3n) is 3.55. The van der Waals surface area contributed by atoms with Gasteiger partial charge in [0.2, 0.25) is 5.91 Å². The van der Waals surface area contributed by atoms with Gasteiger partial charge in [-0.2, -0.15) is 5.26 Å². The number of nitrogens with zero attached hydrogens (tertiary/aromatic N) is 3. The SMILES string of the molecule is Cc1cc(C)c(C#N)c(SCC(=O)N(C)Cc2ccccc2Br)n1. The maximum Gasteiger partial charge on any atom is 0.233 e. The Hall–Kier alpha value is -1.84. The van der Waals surface area contributed by atoms with Crippen LogP contribution in [0.2, 0.25) is 0 Å². The zero-order valence-electron chi connectivity index (χ0n) is 13.8. The molecule has 0 bridgehead atoms. The third-order valence-corrected chi connectivity index (χ3v) is 5.28. The first-order chi connectivity index (χ1) is 11.4. The molecule has 0 atom stereocenters. The van der Waals surface area contributed by atoms with Gasteiger partial charge in [0.25, 0.3) is 0 Å². The molecule has 6 heteroatoms. The van der Waals surface area contributed by atoms with Crippen molar-refractivity contribution in [3.05, 3.63) is 57.2 Å². The minimum absolute atomic E-state index is 0.000557.